The van der Waals surface area contributed by atoms with Crippen molar-refractivity contribution in [1.82, 2.24) is 15.3 Å². The summed E-state index contributed by atoms with van der Waals surface area (Å²) >= 11 is 0. The lowest BCUT2D eigenvalue weighted by Crippen LogP contribution is -2.19. The number of H-pyrrole nitrogens is 1. The molecule has 25 heavy (non-hydrogen) atoms. The van der Waals surface area contributed by atoms with Gasteiger partial charge in [-0.25, -0.2) is 4.85 Å². The smallest absolute Gasteiger partial charge is 0.187 e. The lowest BCUT2D eigenvalue weighted by atomic mass is 10.1. The van der Waals surface area contributed by atoms with E-state index in [1.807, 2.05) is 36.7 Å². The maximum atomic E-state index is 7.20. The van der Waals surface area contributed by atoms with Gasteiger partial charge in [0.1, 0.15) is 0 Å². The fourth-order valence-corrected chi connectivity index (χ4v) is 3.61. The molecular formula is C21H22N4. The van der Waals surface area contributed by atoms with Gasteiger partial charge in [0.2, 0.25) is 0 Å². The molecule has 2 atom stereocenters. The second-order valence-corrected chi connectivity index (χ2v) is 6.86. The van der Waals surface area contributed by atoms with Gasteiger partial charge in [0.25, 0.3) is 0 Å². The van der Waals surface area contributed by atoms with Crippen LogP contribution in [0.5, 0.6) is 0 Å². The van der Waals surface area contributed by atoms with Crippen molar-refractivity contribution in [3.8, 4) is 0 Å². The third-order valence-electron chi connectivity index (χ3n) is 5.10. The van der Waals surface area contributed by atoms with Crippen molar-refractivity contribution in [1.29, 1.82) is 0 Å². The molecule has 0 bridgehead atoms. The van der Waals surface area contributed by atoms with Crippen LogP contribution in [0.2, 0.25) is 0 Å². The molecule has 1 saturated carbocycles. The quantitative estimate of drug-likeness (QED) is 0.497. The van der Waals surface area contributed by atoms with Crippen molar-refractivity contribution in [3.63, 3.8) is 0 Å². The van der Waals surface area contributed by atoms with Crippen molar-refractivity contribution < 1.29 is 0 Å². The molecule has 2 N–H and O–H groups in total. The Labute approximate surface area is 148 Å². The topological polar surface area (TPSA) is 45.1 Å². The predicted octanol–water partition coefficient (Wildman–Crippen LogP) is 4.44. The summed E-state index contributed by atoms with van der Waals surface area (Å²) < 4.78 is 0. The second-order valence-electron chi connectivity index (χ2n) is 6.86. The first-order valence-electron chi connectivity index (χ1n) is 8.93. The Morgan fingerprint density at radius 3 is 3.12 bits per heavy atom. The summed E-state index contributed by atoms with van der Waals surface area (Å²) in [7, 11) is 0. The van der Waals surface area contributed by atoms with Gasteiger partial charge in [-0.05, 0) is 78.9 Å². The zero-order chi connectivity index (χ0) is 17.1. The van der Waals surface area contributed by atoms with Crippen LogP contribution in [0.4, 0.5) is 5.69 Å². The average Bonchev–Trinajstić information content (AvgIpc) is 3.30. The van der Waals surface area contributed by atoms with Crippen LogP contribution in [0, 0.1) is 12.5 Å². The number of pyridine rings is 1. The van der Waals surface area contributed by atoms with Crippen LogP contribution in [0.25, 0.3) is 15.7 Å². The zero-order valence-electron chi connectivity index (χ0n) is 14.2. The second kappa shape index (κ2) is 7.08. The SMILES string of the molecule is [C-]#[N+]c1ccc2[nH]cc(C3CC3CNCCCc3cccnc3)c2c1. The minimum Gasteiger partial charge on any atom is -0.361 e. The number of aryl methyl sites for hydroxylation is 1. The van der Waals surface area contributed by atoms with E-state index in [0.717, 1.165) is 37.1 Å². The third-order valence-corrected chi connectivity index (χ3v) is 5.10. The van der Waals surface area contributed by atoms with Gasteiger partial charge < -0.3 is 10.3 Å². The number of aromatic amines is 1. The van der Waals surface area contributed by atoms with Gasteiger partial charge in [-0.2, -0.15) is 0 Å². The number of nitrogens with zero attached hydrogens (tertiary/aromatic N) is 2. The number of fused-ring (bicyclic) bond motifs is 1. The molecule has 1 aliphatic carbocycles. The van der Waals surface area contributed by atoms with Crippen LogP contribution in [0.1, 0.15) is 29.9 Å². The van der Waals surface area contributed by atoms with Gasteiger partial charge in [-0.3, -0.25) is 4.98 Å². The zero-order valence-corrected chi connectivity index (χ0v) is 14.2. The minimum atomic E-state index is 0.626. The van der Waals surface area contributed by atoms with Crippen LogP contribution < -0.4 is 5.32 Å². The van der Waals surface area contributed by atoms with Crippen molar-refractivity contribution >= 4 is 16.6 Å². The first-order chi connectivity index (χ1) is 12.3. The highest BCUT2D eigenvalue weighted by atomic mass is 14.9. The molecule has 2 aromatic heterocycles. The third kappa shape index (κ3) is 3.57. The van der Waals surface area contributed by atoms with E-state index < -0.39 is 0 Å². The molecule has 4 heteroatoms. The maximum absolute atomic E-state index is 7.20. The van der Waals surface area contributed by atoms with E-state index in [9.17, 15) is 0 Å². The summed E-state index contributed by atoms with van der Waals surface area (Å²) in [6.45, 7) is 9.32. The van der Waals surface area contributed by atoms with Crippen molar-refractivity contribution in [3.05, 3.63) is 71.5 Å². The molecule has 4 rings (SSSR count). The van der Waals surface area contributed by atoms with E-state index in [2.05, 4.69) is 32.4 Å². The van der Waals surface area contributed by atoms with E-state index in [-0.39, 0.29) is 0 Å². The lowest BCUT2D eigenvalue weighted by molar-refractivity contribution is 0.605. The van der Waals surface area contributed by atoms with Gasteiger partial charge in [-0.15, -0.1) is 0 Å². The van der Waals surface area contributed by atoms with Gasteiger partial charge in [0.05, 0.1) is 6.57 Å². The number of benzene rings is 1. The Morgan fingerprint density at radius 2 is 2.28 bits per heavy atom. The number of hydrogen-bond acceptors (Lipinski definition) is 2. The standard InChI is InChI=1S/C21H22N4/c1-22-17-6-7-21-19(11-17)20(14-25-21)18-10-16(18)13-24-9-3-5-15-4-2-8-23-12-15/h2,4,6-8,11-12,14,16,18,24-25H,3,5,9-10,13H2. The monoisotopic (exact) mass is 330 g/mol. The Morgan fingerprint density at radius 1 is 1.32 bits per heavy atom. The van der Waals surface area contributed by atoms with Crippen LogP contribution in [-0.4, -0.2) is 23.1 Å². The van der Waals surface area contributed by atoms with Crippen LogP contribution in [-0.2, 0) is 6.42 Å². The molecule has 1 fully saturated rings. The fourth-order valence-electron chi connectivity index (χ4n) is 3.61. The molecule has 1 aliphatic rings. The first kappa shape index (κ1) is 15.9. The van der Waals surface area contributed by atoms with Crippen LogP contribution in [0.15, 0.2) is 48.9 Å². The number of nitrogens with one attached hydrogen (secondary N) is 2. The minimum absolute atomic E-state index is 0.626. The molecule has 0 aliphatic heterocycles. The van der Waals surface area contributed by atoms with E-state index in [0.29, 0.717) is 11.8 Å². The molecule has 2 heterocycles. The highest BCUT2D eigenvalue weighted by Gasteiger charge is 2.39. The first-order valence-corrected chi connectivity index (χ1v) is 8.93. The Bertz CT molecular complexity index is 891. The van der Waals surface area contributed by atoms with Gasteiger partial charge in [-0.1, -0.05) is 12.1 Å². The van der Waals surface area contributed by atoms with E-state index in [4.69, 9.17) is 6.57 Å². The van der Waals surface area contributed by atoms with Gasteiger partial charge in [0, 0.05) is 24.1 Å². The summed E-state index contributed by atoms with van der Waals surface area (Å²) in [5, 5.41) is 4.82. The summed E-state index contributed by atoms with van der Waals surface area (Å²) in [5.74, 6) is 1.34. The number of hydrogen-bond donors (Lipinski definition) is 2. The average molecular weight is 330 g/mol. The number of aromatic nitrogens is 2. The molecule has 4 nitrogen and oxygen atoms in total. The lowest BCUT2D eigenvalue weighted by Gasteiger charge is -2.05. The summed E-state index contributed by atoms with van der Waals surface area (Å²) in [5.41, 5.74) is 4.54. The van der Waals surface area contributed by atoms with E-state index >= 15 is 0 Å². The molecule has 0 saturated heterocycles. The predicted molar refractivity (Wildman–Crippen MR) is 101 cm³/mol. The molecule has 0 spiro atoms. The maximum Gasteiger partial charge on any atom is 0.187 e. The van der Waals surface area contributed by atoms with Crippen molar-refractivity contribution in [2.24, 2.45) is 5.92 Å². The van der Waals surface area contributed by atoms with Gasteiger partial charge in [0.15, 0.2) is 5.69 Å². The molecule has 0 amide bonds. The Kier molecular flexibility index (Phi) is 4.49. The molecule has 1 aromatic carbocycles. The van der Waals surface area contributed by atoms with E-state index in [1.54, 1.807) is 0 Å². The molecule has 126 valence electrons. The summed E-state index contributed by atoms with van der Waals surface area (Å²) in [6.07, 6.45) is 9.36. The Hall–Kier alpha value is -2.64. The molecular weight excluding hydrogens is 308 g/mol. The van der Waals surface area contributed by atoms with Crippen LogP contribution in [0.3, 0.4) is 0 Å². The largest absolute Gasteiger partial charge is 0.361 e. The van der Waals surface area contributed by atoms with Crippen LogP contribution >= 0.6 is 0 Å². The normalized spacial score (nSPS) is 19.0. The van der Waals surface area contributed by atoms with Gasteiger partial charge >= 0.3 is 0 Å². The van der Waals surface area contributed by atoms with Crippen molar-refractivity contribution in [2.75, 3.05) is 13.1 Å². The molecule has 2 unspecified atom stereocenters. The van der Waals surface area contributed by atoms with Crippen molar-refractivity contribution in [2.45, 2.75) is 25.2 Å². The highest BCUT2D eigenvalue weighted by Crippen LogP contribution is 2.49. The fraction of sp³-hybridized carbons (Fsp3) is 0.333. The molecule has 0 radical (unpaired) electrons. The number of rotatable bonds is 7. The Balaban J connectivity index is 1.26. The summed E-state index contributed by atoms with van der Waals surface area (Å²) in [6, 6.07) is 10.0. The van der Waals surface area contributed by atoms with E-state index in [1.165, 1.54) is 22.9 Å². The summed E-state index contributed by atoms with van der Waals surface area (Å²) in [4.78, 5) is 11.1. The molecule has 3 aromatic rings. The highest BCUT2D eigenvalue weighted by molar-refractivity contribution is 5.87.